The van der Waals surface area contributed by atoms with E-state index in [1.54, 1.807) is 12.1 Å². The summed E-state index contributed by atoms with van der Waals surface area (Å²) in [6.07, 6.45) is 6.31. The van der Waals surface area contributed by atoms with E-state index in [0.29, 0.717) is 6.04 Å². The first kappa shape index (κ1) is 10.3. The second-order valence-electron chi connectivity index (χ2n) is 5.12. The fraction of sp³-hybridized carbons (Fsp3) is 0.571. The Bertz CT molecular complexity index is 384. The third kappa shape index (κ3) is 2.12. The van der Waals surface area contributed by atoms with Crippen LogP contribution in [0.3, 0.4) is 0 Å². The lowest BCUT2D eigenvalue weighted by Crippen LogP contribution is -2.20. The molecule has 0 amide bonds. The van der Waals surface area contributed by atoms with E-state index < -0.39 is 0 Å². The van der Waals surface area contributed by atoms with Crippen molar-refractivity contribution >= 4 is 0 Å². The predicted octanol–water partition coefficient (Wildman–Crippen LogP) is 3.20. The van der Waals surface area contributed by atoms with E-state index >= 15 is 0 Å². The second kappa shape index (κ2) is 4.17. The van der Waals surface area contributed by atoms with E-state index in [4.69, 9.17) is 0 Å². The Balaban J connectivity index is 1.61. The van der Waals surface area contributed by atoms with E-state index in [1.807, 2.05) is 6.07 Å². The van der Waals surface area contributed by atoms with Crippen LogP contribution < -0.4 is 5.32 Å². The van der Waals surface area contributed by atoms with E-state index in [9.17, 15) is 4.39 Å². The summed E-state index contributed by atoms with van der Waals surface area (Å²) in [5.74, 6) is 0.888. The number of nitrogens with one attached hydrogen (secondary N) is 1. The zero-order chi connectivity index (χ0) is 11.0. The summed E-state index contributed by atoms with van der Waals surface area (Å²) in [5.41, 5.74) is 2.51. The average Bonchev–Trinajstić information content (AvgIpc) is 3.00. The number of hydrogen-bond acceptors (Lipinski definition) is 1. The van der Waals surface area contributed by atoms with Gasteiger partial charge in [-0.3, -0.25) is 0 Å². The van der Waals surface area contributed by atoms with Crippen molar-refractivity contribution in [3.05, 3.63) is 35.1 Å². The van der Waals surface area contributed by atoms with Crippen LogP contribution >= 0.6 is 0 Å². The Hall–Kier alpha value is -0.890. The minimum Gasteiger partial charge on any atom is -0.310 e. The molecule has 0 radical (unpaired) electrons. The maximum absolute atomic E-state index is 13.0. The highest BCUT2D eigenvalue weighted by Crippen LogP contribution is 2.34. The fourth-order valence-electron chi connectivity index (χ4n) is 2.67. The number of fused-ring (bicyclic) bond motifs is 1. The minimum atomic E-state index is -0.0996. The number of benzene rings is 1. The minimum absolute atomic E-state index is 0.0996. The van der Waals surface area contributed by atoms with Gasteiger partial charge in [0.1, 0.15) is 5.82 Å². The second-order valence-corrected chi connectivity index (χ2v) is 5.12. The van der Waals surface area contributed by atoms with Crippen molar-refractivity contribution in [1.29, 1.82) is 0 Å². The molecular weight excluding hydrogens is 201 g/mol. The van der Waals surface area contributed by atoms with Crippen LogP contribution in [0.2, 0.25) is 0 Å². The monoisotopic (exact) mass is 219 g/mol. The molecule has 1 N–H and O–H groups in total. The summed E-state index contributed by atoms with van der Waals surface area (Å²) in [6.45, 7) is 1.12. The molecule has 0 aromatic heterocycles. The predicted molar refractivity (Wildman–Crippen MR) is 62.8 cm³/mol. The maximum atomic E-state index is 13.0. The Labute approximate surface area is 96.1 Å². The first-order chi connectivity index (χ1) is 7.83. The largest absolute Gasteiger partial charge is 0.310 e. The summed E-state index contributed by atoms with van der Waals surface area (Å²) < 4.78 is 13.0. The van der Waals surface area contributed by atoms with Crippen LogP contribution in [-0.2, 0) is 6.42 Å². The van der Waals surface area contributed by atoms with Crippen molar-refractivity contribution in [2.45, 2.75) is 38.1 Å². The molecule has 16 heavy (non-hydrogen) atoms. The van der Waals surface area contributed by atoms with Gasteiger partial charge in [-0.25, -0.2) is 4.39 Å². The molecule has 1 aromatic carbocycles. The van der Waals surface area contributed by atoms with Crippen molar-refractivity contribution in [3.8, 4) is 0 Å². The lowest BCUT2D eigenvalue weighted by atomic mass is 10.1. The highest BCUT2D eigenvalue weighted by atomic mass is 19.1. The van der Waals surface area contributed by atoms with Crippen molar-refractivity contribution in [2.24, 2.45) is 5.92 Å². The van der Waals surface area contributed by atoms with Crippen LogP contribution in [0, 0.1) is 11.7 Å². The van der Waals surface area contributed by atoms with Gasteiger partial charge in [-0.15, -0.1) is 0 Å². The van der Waals surface area contributed by atoms with Gasteiger partial charge in [-0.1, -0.05) is 18.9 Å². The van der Waals surface area contributed by atoms with Crippen molar-refractivity contribution in [3.63, 3.8) is 0 Å². The van der Waals surface area contributed by atoms with E-state index in [-0.39, 0.29) is 5.82 Å². The highest BCUT2D eigenvalue weighted by molar-refractivity contribution is 5.34. The van der Waals surface area contributed by atoms with Gasteiger partial charge in [0.15, 0.2) is 0 Å². The normalized spacial score (nSPS) is 23.4. The molecule has 3 rings (SSSR count). The smallest absolute Gasteiger partial charge is 0.123 e. The van der Waals surface area contributed by atoms with Crippen LogP contribution in [0.15, 0.2) is 18.2 Å². The van der Waals surface area contributed by atoms with Crippen LogP contribution in [0.1, 0.15) is 42.9 Å². The third-order valence-electron chi connectivity index (χ3n) is 3.82. The van der Waals surface area contributed by atoms with E-state index in [2.05, 4.69) is 5.32 Å². The van der Waals surface area contributed by atoms with Gasteiger partial charge in [0.2, 0.25) is 0 Å². The number of rotatable bonds is 4. The van der Waals surface area contributed by atoms with Crippen LogP contribution in [-0.4, -0.2) is 6.54 Å². The molecule has 0 spiro atoms. The molecule has 1 fully saturated rings. The van der Waals surface area contributed by atoms with Gasteiger partial charge < -0.3 is 5.32 Å². The molecule has 86 valence electrons. The van der Waals surface area contributed by atoms with Gasteiger partial charge in [0, 0.05) is 6.04 Å². The van der Waals surface area contributed by atoms with Crippen molar-refractivity contribution < 1.29 is 4.39 Å². The van der Waals surface area contributed by atoms with Crippen LogP contribution in [0.4, 0.5) is 4.39 Å². The quantitative estimate of drug-likeness (QED) is 0.820. The van der Waals surface area contributed by atoms with Gasteiger partial charge in [0.25, 0.3) is 0 Å². The number of halogens is 1. The summed E-state index contributed by atoms with van der Waals surface area (Å²) in [4.78, 5) is 0. The summed E-state index contributed by atoms with van der Waals surface area (Å²) in [7, 11) is 0. The maximum Gasteiger partial charge on any atom is 0.123 e. The molecule has 1 aromatic rings. The van der Waals surface area contributed by atoms with Gasteiger partial charge in [0.05, 0.1) is 0 Å². The Kier molecular flexibility index (Phi) is 2.68. The first-order valence-corrected chi connectivity index (χ1v) is 6.34. The number of hydrogen-bond donors (Lipinski definition) is 1. The first-order valence-electron chi connectivity index (χ1n) is 6.34. The molecular formula is C14H18FN. The Morgan fingerprint density at radius 3 is 2.94 bits per heavy atom. The topological polar surface area (TPSA) is 12.0 Å². The van der Waals surface area contributed by atoms with Crippen molar-refractivity contribution in [2.75, 3.05) is 6.54 Å². The molecule has 2 heteroatoms. The third-order valence-corrected chi connectivity index (χ3v) is 3.82. The lowest BCUT2D eigenvalue weighted by Gasteiger charge is -2.13. The summed E-state index contributed by atoms with van der Waals surface area (Å²) >= 11 is 0. The zero-order valence-electron chi connectivity index (χ0n) is 9.51. The molecule has 0 saturated heterocycles. The molecule has 0 aliphatic heterocycles. The SMILES string of the molecule is Fc1ccc2c(c1)CCC2NCCC1CC1. The summed E-state index contributed by atoms with van der Waals surface area (Å²) in [5, 5.41) is 3.61. The highest BCUT2D eigenvalue weighted by Gasteiger charge is 2.24. The van der Waals surface area contributed by atoms with Crippen LogP contribution in [0.25, 0.3) is 0 Å². The molecule has 2 aliphatic carbocycles. The molecule has 0 bridgehead atoms. The van der Waals surface area contributed by atoms with Crippen molar-refractivity contribution in [1.82, 2.24) is 5.32 Å². The summed E-state index contributed by atoms with van der Waals surface area (Å²) in [6, 6.07) is 5.69. The molecule has 2 aliphatic rings. The number of aryl methyl sites for hydroxylation is 1. The molecule has 1 unspecified atom stereocenters. The average molecular weight is 219 g/mol. The standard InChI is InChI=1S/C14H18FN/c15-12-4-5-13-11(9-12)3-6-14(13)16-8-7-10-1-2-10/h4-5,9-10,14,16H,1-3,6-8H2. The van der Waals surface area contributed by atoms with Gasteiger partial charge in [-0.2, -0.15) is 0 Å². The van der Waals surface area contributed by atoms with E-state index in [0.717, 1.165) is 25.3 Å². The molecule has 1 saturated carbocycles. The Morgan fingerprint density at radius 2 is 2.12 bits per heavy atom. The van der Waals surface area contributed by atoms with Crippen LogP contribution in [0.5, 0.6) is 0 Å². The van der Waals surface area contributed by atoms with Gasteiger partial charge >= 0.3 is 0 Å². The van der Waals surface area contributed by atoms with Gasteiger partial charge in [-0.05, 0) is 55.0 Å². The lowest BCUT2D eigenvalue weighted by molar-refractivity contribution is 0.507. The molecule has 1 nitrogen and oxygen atoms in total. The molecule has 0 heterocycles. The van der Waals surface area contributed by atoms with E-state index in [1.165, 1.54) is 30.4 Å². The molecule has 1 atom stereocenters. The Morgan fingerprint density at radius 1 is 1.25 bits per heavy atom. The fourth-order valence-corrected chi connectivity index (χ4v) is 2.67. The zero-order valence-corrected chi connectivity index (χ0v) is 9.51.